The lowest BCUT2D eigenvalue weighted by Gasteiger charge is -2.41. The van der Waals surface area contributed by atoms with Crippen molar-refractivity contribution in [2.75, 3.05) is 49.1 Å². The first-order valence-electron chi connectivity index (χ1n) is 10.7. The second-order valence-electron chi connectivity index (χ2n) is 8.31. The molecular formula is C24H31N5. The maximum Gasteiger partial charge on any atom is 0.101 e. The topological polar surface area (TPSA) is 45.5 Å². The fraction of sp³-hybridized carbons (Fsp3) is 0.458. The molecule has 0 radical (unpaired) electrons. The van der Waals surface area contributed by atoms with Crippen LogP contribution >= 0.6 is 0 Å². The van der Waals surface area contributed by atoms with E-state index in [1.165, 1.54) is 5.56 Å². The van der Waals surface area contributed by atoms with E-state index in [4.69, 9.17) is 0 Å². The van der Waals surface area contributed by atoms with Gasteiger partial charge in [0, 0.05) is 63.6 Å². The third-order valence-corrected chi connectivity index (χ3v) is 6.27. The fourth-order valence-corrected chi connectivity index (χ4v) is 4.56. The SMILES string of the molecule is C[C@@H]1CN(c2ccc(N3CCNC[C@@H]3C)cc2C#N)CCN1Cc1ccccc1. The first-order valence-corrected chi connectivity index (χ1v) is 10.7. The third-order valence-electron chi connectivity index (χ3n) is 6.27. The Hall–Kier alpha value is -2.55. The Labute approximate surface area is 174 Å². The predicted octanol–water partition coefficient (Wildman–Crippen LogP) is 3.07. The van der Waals surface area contributed by atoms with E-state index in [1.54, 1.807) is 0 Å². The fourth-order valence-electron chi connectivity index (χ4n) is 4.56. The predicted molar refractivity (Wildman–Crippen MR) is 119 cm³/mol. The van der Waals surface area contributed by atoms with Gasteiger partial charge < -0.3 is 15.1 Å². The molecule has 0 aromatic heterocycles. The average Bonchev–Trinajstić information content (AvgIpc) is 2.76. The van der Waals surface area contributed by atoms with Crippen LogP contribution in [0.2, 0.25) is 0 Å². The number of hydrogen-bond acceptors (Lipinski definition) is 5. The molecule has 0 saturated carbocycles. The van der Waals surface area contributed by atoms with Gasteiger partial charge in [0.2, 0.25) is 0 Å². The van der Waals surface area contributed by atoms with Crippen molar-refractivity contribution in [3.8, 4) is 6.07 Å². The number of anilines is 2. The molecule has 2 fully saturated rings. The van der Waals surface area contributed by atoms with Crippen LogP contribution in [0.3, 0.4) is 0 Å². The maximum absolute atomic E-state index is 9.83. The van der Waals surface area contributed by atoms with Crippen molar-refractivity contribution in [3.63, 3.8) is 0 Å². The Morgan fingerprint density at radius 2 is 1.86 bits per heavy atom. The molecule has 2 aliphatic rings. The van der Waals surface area contributed by atoms with Crippen molar-refractivity contribution in [1.29, 1.82) is 5.26 Å². The quantitative estimate of drug-likeness (QED) is 0.871. The summed E-state index contributed by atoms with van der Waals surface area (Å²) < 4.78 is 0. The van der Waals surface area contributed by atoms with E-state index in [1.807, 2.05) is 0 Å². The zero-order chi connectivity index (χ0) is 20.2. The van der Waals surface area contributed by atoms with Crippen LogP contribution in [0.5, 0.6) is 0 Å². The Kier molecular flexibility index (Phi) is 6.03. The molecule has 1 N–H and O–H groups in total. The lowest BCUT2D eigenvalue weighted by atomic mass is 10.1. The van der Waals surface area contributed by atoms with Crippen molar-refractivity contribution in [2.45, 2.75) is 32.5 Å². The molecule has 4 rings (SSSR count). The third kappa shape index (κ3) is 4.39. The van der Waals surface area contributed by atoms with Crippen molar-refractivity contribution in [2.24, 2.45) is 0 Å². The summed E-state index contributed by atoms with van der Waals surface area (Å²) in [4.78, 5) is 7.33. The Balaban J connectivity index is 1.47. The smallest absolute Gasteiger partial charge is 0.101 e. The highest BCUT2D eigenvalue weighted by Gasteiger charge is 2.26. The summed E-state index contributed by atoms with van der Waals surface area (Å²) in [6.07, 6.45) is 0. The van der Waals surface area contributed by atoms with Gasteiger partial charge in [-0.15, -0.1) is 0 Å². The van der Waals surface area contributed by atoms with Gasteiger partial charge in [0.15, 0.2) is 0 Å². The molecule has 2 saturated heterocycles. The first-order chi connectivity index (χ1) is 14.2. The van der Waals surface area contributed by atoms with E-state index in [0.717, 1.165) is 62.8 Å². The van der Waals surface area contributed by atoms with Crippen LogP contribution in [0.25, 0.3) is 0 Å². The van der Waals surface area contributed by atoms with E-state index in [9.17, 15) is 5.26 Å². The highest BCUT2D eigenvalue weighted by molar-refractivity contribution is 5.66. The summed E-state index contributed by atoms with van der Waals surface area (Å²) in [7, 11) is 0. The van der Waals surface area contributed by atoms with Gasteiger partial charge in [0.1, 0.15) is 6.07 Å². The van der Waals surface area contributed by atoms with Gasteiger partial charge in [-0.25, -0.2) is 0 Å². The average molecular weight is 390 g/mol. The Morgan fingerprint density at radius 1 is 1.03 bits per heavy atom. The van der Waals surface area contributed by atoms with Gasteiger partial charge in [-0.2, -0.15) is 5.26 Å². The number of hydrogen-bond donors (Lipinski definition) is 1. The van der Waals surface area contributed by atoms with Crippen LogP contribution in [0.4, 0.5) is 11.4 Å². The summed E-state index contributed by atoms with van der Waals surface area (Å²) in [5.41, 5.74) is 4.39. The molecule has 0 unspecified atom stereocenters. The second kappa shape index (κ2) is 8.86. The number of nitriles is 1. The molecular weight excluding hydrogens is 358 g/mol. The molecule has 2 aliphatic heterocycles. The molecule has 0 bridgehead atoms. The van der Waals surface area contributed by atoms with Gasteiger partial charge in [0.25, 0.3) is 0 Å². The Morgan fingerprint density at radius 3 is 2.59 bits per heavy atom. The summed E-state index contributed by atoms with van der Waals surface area (Å²) in [5.74, 6) is 0. The van der Waals surface area contributed by atoms with Crippen LogP contribution in [-0.4, -0.2) is 56.3 Å². The molecule has 0 aliphatic carbocycles. The maximum atomic E-state index is 9.83. The largest absolute Gasteiger partial charge is 0.368 e. The monoisotopic (exact) mass is 389 g/mol. The molecule has 2 atom stereocenters. The highest BCUT2D eigenvalue weighted by atomic mass is 15.3. The molecule has 5 heteroatoms. The minimum Gasteiger partial charge on any atom is -0.368 e. The molecule has 2 heterocycles. The van der Waals surface area contributed by atoms with Gasteiger partial charge in [-0.3, -0.25) is 4.90 Å². The number of benzene rings is 2. The van der Waals surface area contributed by atoms with E-state index < -0.39 is 0 Å². The number of nitrogens with zero attached hydrogens (tertiary/aromatic N) is 4. The summed E-state index contributed by atoms with van der Waals surface area (Å²) in [6, 6.07) is 20.5. The number of rotatable bonds is 4. The van der Waals surface area contributed by atoms with E-state index >= 15 is 0 Å². The lowest BCUT2D eigenvalue weighted by molar-refractivity contribution is 0.181. The van der Waals surface area contributed by atoms with E-state index in [0.29, 0.717) is 12.1 Å². The standard InChI is InChI=1S/C24H31N5/c1-19-16-26-10-11-29(19)23-8-9-24(22(14-23)15-25)28-13-12-27(20(2)17-28)18-21-6-4-3-5-7-21/h3-9,14,19-20,26H,10-13,16-18H2,1-2H3/t19-,20+/m0/s1. The minimum absolute atomic E-state index is 0.447. The molecule has 2 aromatic carbocycles. The summed E-state index contributed by atoms with van der Waals surface area (Å²) in [5, 5.41) is 13.3. The molecule has 0 spiro atoms. The number of piperazine rings is 2. The van der Waals surface area contributed by atoms with Crippen molar-refractivity contribution >= 4 is 11.4 Å². The minimum atomic E-state index is 0.447. The van der Waals surface area contributed by atoms with E-state index in [-0.39, 0.29) is 0 Å². The second-order valence-corrected chi connectivity index (χ2v) is 8.31. The molecule has 152 valence electrons. The van der Waals surface area contributed by atoms with E-state index in [2.05, 4.69) is 88.5 Å². The summed E-state index contributed by atoms with van der Waals surface area (Å²) >= 11 is 0. The first kappa shape index (κ1) is 19.8. The number of nitrogens with one attached hydrogen (secondary N) is 1. The van der Waals surface area contributed by atoms with Gasteiger partial charge in [0.05, 0.1) is 11.3 Å². The molecule has 5 nitrogen and oxygen atoms in total. The molecule has 2 aromatic rings. The Bertz CT molecular complexity index is 859. The van der Waals surface area contributed by atoms with Crippen molar-refractivity contribution < 1.29 is 0 Å². The van der Waals surface area contributed by atoms with Crippen molar-refractivity contribution in [3.05, 3.63) is 59.7 Å². The van der Waals surface area contributed by atoms with Crippen LogP contribution in [-0.2, 0) is 6.54 Å². The van der Waals surface area contributed by atoms with Crippen LogP contribution in [0, 0.1) is 11.3 Å². The van der Waals surface area contributed by atoms with Gasteiger partial charge >= 0.3 is 0 Å². The zero-order valence-corrected chi connectivity index (χ0v) is 17.5. The van der Waals surface area contributed by atoms with Crippen LogP contribution in [0.15, 0.2) is 48.5 Å². The van der Waals surface area contributed by atoms with Crippen LogP contribution in [0.1, 0.15) is 25.0 Å². The normalized spacial score (nSPS) is 23.1. The molecule has 29 heavy (non-hydrogen) atoms. The van der Waals surface area contributed by atoms with Gasteiger partial charge in [-0.1, -0.05) is 30.3 Å². The van der Waals surface area contributed by atoms with Crippen molar-refractivity contribution in [1.82, 2.24) is 10.2 Å². The van der Waals surface area contributed by atoms with Crippen LogP contribution < -0.4 is 15.1 Å². The lowest BCUT2D eigenvalue weighted by Crippen LogP contribution is -2.51. The highest BCUT2D eigenvalue weighted by Crippen LogP contribution is 2.29. The zero-order valence-electron chi connectivity index (χ0n) is 17.5. The summed E-state index contributed by atoms with van der Waals surface area (Å²) in [6.45, 7) is 11.4. The van der Waals surface area contributed by atoms with Gasteiger partial charge in [-0.05, 0) is 37.6 Å². The molecule has 0 amide bonds.